The molecule has 0 unspecified atom stereocenters. The summed E-state index contributed by atoms with van der Waals surface area (Å²) in [7, 11) is 0. The average Bonchev–Trinajstić information content (AvgIpc) is 2.98. The highest BCUT2D eigenvalue weighted by molar-refractivity contribution is 7.07. The molecule has 1 N–H and O–H groups in total. The van der Waals surface area contributed by atoms with Crippen LogP contribution < -0.4 is 20.1 Å². The van der Waals surface area contributed by atoms with Crippen LogP contribution in [0.4, 0.5) is 5.69 Å². The predicted octanol–water partition coefficient (Wildman–Crippen LogP) is 1.90. The van der Waals surface area contributed by atoms with Gasteiger partial charge in [0, 0.05) is 24.6 Å². The van der Waals surface area contributed by atoms with E-state index in [0.29, 0.717) is 27.0 Å². The zero-order valence-corrected chi connectivity index (χ0v) is 14.5. The molecule has 0 saturated carbocycles. The number of benzene rings is 1. The molecule has 0 radical (unpaired) electrons. The van der Waals surface area contributed by atoms with Crippen molar-refractivity contribution in [2.45, 2.75) is 13.5 Å². The van der Waals surface area contributed by atoms with E-state index >= 15 is 0 Å². The van der Waals surface area contributed by atoms with Crippen molar-refractivity contribution in [2.75, 3.05) is 5.32 Å². The van der Waals surface area contributed by atoms with Crippen LogP contribution in [0.1, 0.15) is 12.6 Å². The van der Waals surface area contributed by atoms with Gasteiger partial charge in [-0.1, -0.05) is 24.3 Å². The van der Waals surface area contributed by atoms with Gasteiger partial charge in [0.15, 0.2) is 0 Å². The van der Waals surface area contributed by atoms with E-state index in [2.05, 4.69) is 16.4 Å². The van der Waals surface area contributed by atoms with Crippen LogP contribution in [0.2, 0.25) is 0 Å². The highest BCUT2D eigenvalue weighted by Gasteiger charge is 2.10. The second-order valence-corrected chi connectivity index (χ2v) is 6.21. The van der Waals surface area contributed by atoms with Crippen molar-refractivity contribution >= 4 is 28.8 Å². The van der Waals surface area contributed by atoms with Crippen molar-refractivity contribution in [1.29, 1.82) is 5.26 Å². The Kier molecular flexibility index (Phi) is 5.07. The van der Waals surface area contributed by atoms with Gasteiger partial charge in [-0.15, -0.1) is 11.3 Å². The van der Waals surface area contributed by atoms with Crippen molar-refractivity contribution in [3.63, 3.8) is 0 Å². The smallest absolute Gasteiger partial charge is 0.270 e. The van der Waals surface area contributed by atoms with E-state index in [1.165, 1.54) is 11.3 Å². The minimum atomic E-state index is -0.116. The lowest BCUT2D eigenvalue weighted by atomic mass is 10.2. The number of nitrogens with zero attached hydrogens (tertiary/aromatic N) is 3. The lowest BCUT2D eigenvalue weighted by Crippen LogP contribution is -2.32. The highest BCUT2D eigenvalue weighted by atomic mass is 32.1. The molecule has 0 saturated heterocycles. The summed E-state index contributed by atoms with van der Waals surface area (Å²) < 4.78 is 2.77. The number of thiazole rings is 1. The molecule has 3 rings (SSSR count). The predicted molar refractivity (Wildman–Crippen MR) is 100 cm³/mol. The Labute approximate surface area is 148 Å². The van der Waals surface area contributed by atoms with Crippen LogP contribution in [0.15, 0.2) is 59.5 Å². The zero-order chi connectivity index (χ0) is 17.6. The lowest BCUT2D eigenvalue weighted by Gasteiger charge is -1.99. The maximum Gasteiger partial charge on any atom is 0.270 e. The quantitative estimate of drug-likeness (QED) is 0.782. The van der Waals surface area contributed by atoms with E-state index in [-0.39, 0.29) is 5.56 Å². The number of rotatable bonds is 4. The van der Waals surface area contributed by atoms with Crippen molar-refractivity contribution < 1.29 is 0 Å². The third-order valence-electron chi connectivity index (χ3n) is 3.61. The van der Waals surface area contributed by atoms with Crippen molar-refractivity contribution in [2.24, 2.45) is 0 Å². The van der Waals surface area contributed by atoms with Crippen LogP contribution in [0.5, 0.6) is 0 Å². The van der Waals surface area contributed by atoms with Gasteiger partial charge >= 0.3 is 0 Å². The summed E-state index contributed by atoms with van der Waals surface area (Å²) in [5.74, 6) is 0. The number of aromatic nitrogens is 2. The zero-order valence-electron chi connectivity index (χ0n) is 13.6. The summed E-state index contributed by atoms with van der Waals surface area (Å²) in [6, 6.07) is 17.2. The fraction of sp³-hybridized carbons (Fsp3) is 0.105. The summed E-state index contributed by atoms with van der Waals surface area (Å²) in [5.41, 5.74) is 1.75. The summed E-state index contributed by atoms with van der Waals surface area (Å²) in [6.45, 7) is 2.38. The van der Waals surface area contributed by atoms with E-state index < -0.39 is 0 Å². The summed E-state index contributed by atoms with van der Waals surface area (Å²) >= 11 is 1.29. The first-order valence-electron chi connectivity index (χ1n) is 7.82. The average molecular weight is 348 g/mol. The Balaban J connectivity index is 2.18. The molecule has 0 aliphatic rings. The molecule has 6 heteroatoms. The van der Waals surface area contributed by atoms with Crippen LogP contribution in [0, 0.1) is 11.3 Å². The van der Waals surface area contributed by atoms with E-state index in [4.69, 9.17) is 0 Å². The molecule has 0 fully saturated rings. The van der Waals surface area contributed by atoms with Crippen molar-refractivity contribution in [3.05, 3.63) is 80.0 Å². The van der Waals surface area contributed by atoms with Crippen molar-refractivity contribution in [1.82, 2.24) is 9.55 Å². The van der Waals surface area contributed by atoms with Gasteiger partial charge in [-0.3, -0.25) is 14.3 Å². The molecular weight excluding hydrogens is 332 g/mol. The molecule has 0 bridgehead atoms. The monoisotopic (exact) mass is 348 g/mol. The first-order valence-corrected chi connectivity index (χ1v) is 8.63. The minimum Gasteiger partial charge on any atom is -0.360 e. The standard InChI is InChI=1S/C19H16N4OS/c1-2-23-18(24)17(13-22-14-8-4-3-5-9-14)25-19(23)15(12-20)16-10-6-7-11-21-16/h3-11,13,22H,2H2,1H3. The Morgan fingerprint density at radius 1 is 1.28 bits per heavy atom. The first-order chi connectivity index (χ1) is 12.2. The van der Waals surface area contributed by atoms with E-state index in [1.807, 2.05) is 43.3 Å². The van der Waals surface area contributed by atoms with Crippen LogP contribution in [-0.4, -0.2) is 9.55 Å². The molecule has 124 valence electrons. The van der Waals surface area contributed by atoms with Crippen LogP contribution in [-0.2, 0) is 6.54 Å². The van der Waals surface area contributed by atoms with Crippen LogP contribution in [0.3, 0.4) is 0 Å². The number of hydrogen-bond donors (Lipinski definition) is 1. The summed E-state index contributed by atoms with van der Waals surface area (Å²) in [5, 5.41) is 12.7. The van der Waals surface area contributed by atoms with Gasteiger partial charge in [0.25, 0.3) is 5.56 Å². The van der Waals surface area contributed by atoms with Gasteiger partial charge in [0.05, 0.1) is 5.69 Å². The number of pyridine rings is 1. The molecular formula is C19H16N4OS. The van der Waals surface area contributed by atoms with Gasteiger partial charge < -0.3 is 5.32 Å². The number of nitriles is 1. The lowest BCUT2D eigenvalue weighted by molar-refractivity contribution is 0.721. The molecule has 5 nitrogen and oxygen atoms in total. The first kappa shape index (κ1) is 16.7. The molecule has 0 atom stereocenters. The van der Waals surface area contributed by atoms with E-state index in [0.717, 1.165) is 5.69 Å². The molecule has 0 spiro atoms. The van der Waals surface area contributed by atoms with Gasteiger partial charge in [-0.25, -0.2) is 0 Å². The molecule has 0 amide bonds. The Morgan fingerprint density at radius 3 is 2.68 bits per heavy atom. The molecule has 2 aromatic heterocycles. The van der Waals surface area contributed by atoms with Crippen LogP contribution >= 0.6 is 11.3 Å². The molecule has 2 heterocycles. The molecule has 0 aliphatic carbocycles. The Bertz CT molecular complexity index is 1080. The fourth-order valence-corrected chi connectivity index (χ4v) is 3.50. The number of anilines is 1. The number of hydrogen-bond acceptors (Lipinski definition) is 5. The molecule has 3 aromatic rings. The van der Waals surface area contributed by atoms with Gasteiger partial charge in [-0.2, -0.15) is 5.26 Å². The summed E-state index contributed by atoms with van der Waals surface area (Å²) in [4.78, 5) is 16.9. The molecule has 1 aromatic carbocycles. The summed E-state index contributed by atoms with van der Waals surface area (Å²) in [6.07, 6.45) is 3.32. The maximum atomic E-state index is 12.7. The maximum absolute atomic E-state index is 12.7. The van der Waals surface area contributed by atoms with Gasteiger partial charge in [0.2, 0.25) is 0 Å². The SMILES string of the molecule is CCn1c(=C(C#N)c2ccccn2)sc(=CNc2ccccc2)c1=O. The fourth-order valence-electron chi connectivity index (χ4n) is 2.40. The number of para-hydroxylation sites is 1. The second kappa shape index (κ2) is 7.60. The Hall–Kier alpha value is -3.17. The van der Waals surface area contributed by atoms with E-state index in [1.54, 1.807) is 29.1 Å². The second-order valence-electron chi connectivity index (χ2n) is 5.18. The van der Waals surface area contributed by atoms with Gasteiger partial charge in [-0.05, 0) is 31.2 Å². The topological polar surface area (TPSA) is 70.7 Å². The third kappa shape index (κ3) is 3.52. The van der Waals surface area contributed by atoms with E-state index in [9.17, 15) is 10.1 Å². The Morgan fingerprint density at radius 2 is 2.04 bits per heavy atom. The largest absolute Gasteiger partial charge is 0.360 e. The number of nitrogens with one attached hydrogen (secondary N) is 1. The highest BCUT2D eigenvalue weighted by Crippen LogP contribution is 2.06. The third-order valence-corrected chi connectivity index (χ3v) is 4.74. The molecule has 25 heavy (non-hydrogen) atoms. The molecule has 0 aliphatic heterocycles. The van der Waals surface area contributed by atoms with Crippen molar-refractivity contribution in [3.8, 4) is 6.07 Å². The van der Waals surface area contributed by atoms with Gasteiger partial charge in [0.1, 0.15) is 20.8 Å². The normalized spacial score (nSPS) is 12.6. The minimum absolute atomic E-state index is 0.116. The van der Waals surface area contributed by atoms with Crippen LogP contribution in [0.25, 0.3) is 11.8 Å².